The molecule has 1 aromatic rings. The minimum Gasteiger partial charge on any atom is -0.394 e. The van der Waals surface area contributed by atoms with Crippen LogP contribution in [0.25, 0.3) is 0 Å². The van der Waals surface area contributed by atoms with Crippen LogP contribution in [0.5, 0.6) is 0 Å². The van der Waals surface area contributed by atoms with Crippen LogP contribution < -0.4 is 0 Å². The molecule has 6 heteroatoms. The van der Waals surface area contributed by atoms with Crippen LogP contribution in [0.15, 0.2) is 30.3 Å². The summed E-state index contributed by atoms with van der Waals surface area (Å²) < 4.78 is 5.28. The Hall–Kier alpha value is -1.94. The average Bonchev–Trinajstić information content (AvgIpc) is 2.56. The van der Waals surface area contributed by atoms with Gasteiger partial charge in [0.15, 0.2) is 0 Å². The Labute approximate surface area is 135 Å². The molecular weight excluding hydrogens is 294 g/mol. The molecule has 1 amide bonds. The maximum atomic E-state index is 12.6. The Morgan fingerprint density at radius 1 is 1.30 bits per heavy atom. The first-order valence-corrected chi connectivity index (χ1v) is 7.93. The number of aliphatic hydroxyl groups excluding tert-OH is 1. The van der Waals surface area contributed by atoms with Crippen LogP contribution in [0.2, 0.25) is 0 Å². The maximum Gasteiger partial charge on any atom is 0.238 e. The molecule has 0 radical (unpaired) electrons. The number of benzene rings is 1. The second-order valence-corrected chi connectivity index (χ2v) is 5.95. The van der Waals surface area contributed by atoms with Crippen molar-refractivity contribution in [1.29, 1.82) is 5.26 Å². The second-order valence-electron chi connectivity index (χ2n) is 5.95. The summed E-state index contributed by atoms with van der Waals surface area (Å²) in [7, 11) is 0. The predicted octanol–water partition coefficient (Wildman–Crippen LogP) is 0.198. The minimum atomic E-state index is -0.511. The van der Waals surface area contributed by atoms with Gasteiger partial charge in [-0.2, -0.15) is 5.26 Å². The number of hydrogen-bond acceptors (Lipinski definition) is 5. The van der Waals surface area contributed by atoms with Crippen LogP contribution in [-0.4, -0.2) is 72.4 Å². The molecule has 2 heterocycles. The van der Waals surface area contributed by atoms with Crippen molar-refractivity contribution < 1.29 is 14.6 Å². The first-order chi connectivity index (χ1) is 11.3. The highest BCUT2D eigenvalue weighted by atomic mass is 16.5. The fourth-order valence-electron chi connectivity index (χ4n) is 3.46. The molecule has 0 bridgehead atoms. The summed E-state index contributed by atoms with van der Waals surface area (Å²) in [5.41, 5.74) is 0.994. The van der Waals surface area contributed by atoms with Gasteiger partial charge in [-0.05, 0) is 5.56 Å². The smallest absolute Gasteiger partial charge is 0.238 e. The molecule has 1 aromatic carbocycles. The molecule has 23 heavy (non-hydrogen) atoms. The highest BCUT2D eigenvalue weighted by molar-refractivity contribution is 5.81. The Kier molecular flexibility index (Phi) is 4.91. The van der Waals surface area contributed by atoms with Crippen LogP contribution in [0, 0.1) is 11.3 Å². The number of rotatable bonds is 4. The third kappa shape index (κ3) is 3.08. The predicted molar refractivity (Wildman–Crippen MR) is 83.6 cm³/mol. The molecule has 3 atom stereocenters. The van der Waals surface area contributed by atoms with Gasteiger partial charge in [0, 0.05) is 19.0 Å². The van der Waals surface area contributed by atoms with E-state index in [-0.39, 0.29) is 31.0 Å². The molecule has 6 nitrogen and oxygen atoms in total. The lowest BCUT2D eigenvalue weighted by Gasteiger charge is -2.52. The van der Waals surface area contributed by atoms with E-state index >= 15 is 0 Å². The Balaban J connectivity index is 1.71. The Bertz CT molecular complexity index is 580. The number of ether oxygens (including phenoxy) is 1. The molecule has 122 valence electrons. The van der Waals surface area contributed by atoms with Crippen LogP contribution >= 0.6 is 0 Å². The summed E-state index contributed by atoms with van der Waals surface area (Å²) in [6.45, 7) is 2.85. The van der Waals surface area contributed by atoms with E-state index in [1.165, 1.54) is 0 Å². The van der Waals surface area contributed by atoms with Gasteiger partial charge in [0.05, 0.1) is 38.5 Å². The first-order valence-electron chi connectivity index (χ1n) is 7.93. The Morgan fingerprint density at radius 2 is 2.00 bits per heavy atom. The Morgan fingerprint density at radius 3 is 2.61 bits per heavy atom. The lowest BCUT2D eigenvalue weighted by atomic mass is 9.75. The molecule has 0 aromatic heterocycles. The lowest BCUT2D eigenvalue weighted by Crippen LogP contribution is -2.66. The third-order valence-corrected chi connectivity index (χ3v) is 4.67. The molecule has 2 aliphatic rings. The molecule has 0 spiro atoms. The molecular formula is C17H21N3O3. The number of carbonyl (C=O) groups is 1. The van der Waals surface area contributed by atoms with E-state index in [1.54, 1.807) is 4.90 Å². The molecule has 2 fully saturated rings. The van der Waals surface area contributed by atoms with Crippen molar-refractivity contribution in [2.24, 2.45) is 0 Å². The van der Waals surface area contributed by atoms with Crippen molar-refractivity contribution >= 4 is 5.91 Å². The summed E-state index contributed by atoms with van der Waals surface area (Å²) in [4.78, 5) is 16.2. The molecule has 2 saturated heterocycles. The van der Waals surface area contributed by atoms with E-state index in [4.69, 9.17) is 4.74 Å². The SMILES string of the molecule is N#C[C@@H]1[C@H](c2ccccc2)[C@@H](CO)N1C(=O)CN1CCOCC1. The summed E-state index contributed by atoms with van der Waals surface area (Å²) in [5.74, 6) is -0.218. The van der Waals surface area contributed by atoms with E-state index in [2.05, 4.69) is 6.07 Å². The zero-order chi connectivity index (χ0) is 16.2. The molecule has 0 unspecified atom stereocenters. The van der Waals surface area contributed by atoms with Crippen LogP contribution in [0.1, 0.15) is 11.5 Å². The number of hydrogen-bond donors (Lipinski definition) is 1. The highest BCUT2D eigenvalue weighted by Gasteiger charge is 2.51. The quantitative estimate of drug-likeness (QED) is 0.859. The molecule has 0 aliphatic carbocycles. The third-order valence-electron chi connectivity index (χ3n) is 4.67. The largest absolute Gasteiger partial charge is 0.394 e. The van der Waals surface area contributed by atoms with Gasteiger partial charge in [0.25, 0.3) is 0 Å². The molecule has 1 N–H and O–H groups in total. The van der Waals surface area contributed by atoms with Gasteiger partial charge < -0.3 is 14.7 Å². The minimum absolute atomic E-state index is 0.0929. The van der Waals surface area contributed by atoms with E-state index < -0.39 is 6.04 Å². The van der Waals surface area contributed by atoms with Gasteiger partial charge in [-0.15, -0.1) is 0 Å². The number of nitrogens with zero attached hydrogens (tertiary/aromatic N) is 3. The normalized spacial score (nSPS) is 28.0. The number of aliphatic hydroxyl groups is 1. The van der Waals surface area contributed by atoms with Crippen molar-refractivity contribution in [3.63, 3.8) is 0 Å². The summed E-state index contributed by atoms with van der Waals surface area (Å²) in [6, 6.07) is 11.0. The topological polar surface area (TPSA) is 76.8 Å². The van der Waals surface area contributed by atoms with Crippen molar-refractivity contribution in [3.05, 3.63) is 35.9 Å². The van der Waals surface area contributed by atoms with Crippen LogP contribution in [0.4, 0.5) is 0 Å². The number of morpholine rings is 1. The van der Waals surface area contributed by atoms with Crippen molar-refractivity contribution in [2.75, 3.05) is 39.5 Å². The fourth-order valence-corrected chi connectivity index (χ4v) is 3.46. The first kappa shape index (κ1) is 15.9. The zero-order valence-electron chi connectivity index (χ0n) is 13.0. The number of amides is 1. The summed E-state index contributed by atoms with van der Waals surface area (Å²) >= 11 is 0. The maximum absolute atomic E-state index is 12.6. The van der Waals surface area contributed by atoms with E-state index in [0.29, 0.717) is 13.2 Å². The summed E-state index contributed by atoms with van der Waals surface area (Å²) in [6.07, 6.45) is 0. The average molecular weight is 315 g/mol. The molecule has 0 saturated carbocycles. The van der Waals surface area contributed by atoms with E-state index in [9.17, 15) is 15.2 Å². The lowest BCUT2D eigenvalue weighted by molar-refractivity contribution is -0.149. The van der Waals surface area contributed by atoms with Crippen molar-refractivity contribution in [3.8, 4) is 6.07 Å². The van der Waals surface area contributed by atoms with Gasteiger partial charge in [-0.1, -0.05) is 30.3 Å². The standard InChI is InChI=1S/C17H21N3O3/c18-10-14-17(13-4-2-1-3-5-13)15(12-21)20(14)16(22)11-19-6-8-23-9-7-19/h1-5,14-15,17,21H,6-9,11-12H2/t14-,15-,17+/m1/s1. The van der Waals surface area contributed by atoms with Gasteiger partial charge >= 0.3 is 0 Å². The fraction of sp³-hybridized carbons (Fsp3) is 0.529. The number of likely N-dealkylation sites (tertiary alicyclic amines) is 1. The van der Waals surface area contributed by atoms with Crippen molar-refractivity contribution in [1.82, 2.24) is 9.80 Å². The molecule has 3 rings (SSSR count). The highest BCUT2D eigenvalue weighted by Crippen LogP contribution is 2.40. The zero-order valence-corrected chi connectivity index (χ0v) is 13.0. The monoisotopic (exact) mass is 315 g/mol. The summed E-state index contributed by atoms with van der Waals surface area (Å²) in [5, 5.41) is 19.2. The van der Waals surface area contributed by atoms with Crippen molar-refractivity contribution in [2.45, 2.75) is 18.0 Å². The van der Waals surface area contributed by atoms with Gasteiger partial charge in [-0.3, -0.25) is 9.69 Å². The van der Waals surface area contributed by atoms with E-state index in [1.807, 2.05) is 35.2 Å². The molecule has 2 aliphatic heterocycles. The number of carbonyl (C=O) groups excluding carboxylic acids is 1. The van der Waals surface area contributed by atoms with Gasteiger partial charge in [0.2, 0.25) is 5.91 Å². The van der Waals surface area contributed by atoms with Gasteiger partial charge in [0.1, 0.15) is 6.04 Å². The number of nitriles is 1. The van der Waals surface area contributed by atoms with Crippen LogP contribution in [-0.2, 0) is 9.53 Å². The second kappa shape index (κ2) is 7.09. The van der Waals surface area contributed by atoms with E-state index in [0.717, 1.165) is 18.7 Å². The van der Waals surface area contributed by atoms with Gasteiger partial charge in [-0.25, -0.2) is 0 Å². The van der Waals surface area contributed by atoms with Crippen LogP contribution in [0.3, 0.4) is 0 Å².